The number of esters is 2. The molecule has 152 valence electrons. The Morgan fingerprint density at radius 2 is 2.04 bits per heavy atom. The summed E-state index contributed by atoms with van der Waals surface area (Å²) in [5.74, 6) is -0.764. The van der Waals surface area contributed by atoms with E-state index in [9.17, 15) is 9.59 Å². The third kappa shape index (κ3) is 9.60. The van der Waals surface area contributed by atoms with Crippen LogP contribution in [0, 0.1) is 0 Å². The van der Waals surface area contributed by atoms with Gasteiger partial charge in [0, 0.05) is 31.7 Å². The average molecular weight is 510 g/mol. The summed E-state index contributed by atoms with van der Waals surface area (Å²) >= 11 is 6.69. The van der Waals surface area contributed by atoms with E-state index < -0.39 is 30.6 Å². The average Bonchev–Trinajstić information content (AvgIpc) is 2.95. The minimum atomic E-state index is -0.564. The maximum absolute atomic E-state index is 11.5. The molecule has 1 rings (SSSR count). The van der Waals surface area contributed by atoms with Gasteiger partial charge in [0.2, 0.25) is 6.29 Å². The summed E-state index contributed by atoms with van der Waals surface area (Å²) in [7, 11) is 0. The normalized spacial score (nSPS) is 24.0. The van der Waals surface area contributed by atoms with Gasteiger partial charge >= 0.3 is 11.9 Å². The molecule has 1 saturated heterocycles. The maximum atomic E-state index is 11.5. The Morgan fingerprint density at radius 3 is 2.63 bits per heavy atom. The highest BCUT2D eigenvalue weighted by Crippen LogP contribution is 2.30. The van der Waals surface area contributed by atoms with Crippen LogP contribution in [-0.4, -0.2) is 41.4 Å². The molecule has 0 radical (unpaired) electrons. The zero-order valence-electron chi connectivity index (χ0n) is 15.7. The summed E-state index contributed by atoms with van der Waals surface area (Å²) in [6.07, 6.45) is 5.97. The van der Waals surface area contributed by atoms with Crippen LogP contribution >= 0.6 is 31.9 Å². The summed E-state index contributed by atoms with van der Waals surface area (Å²) in [5.41, 5.74) is 2.73. The first-order valence-electron chi connectivity index (χ1n) is 8.81. The first-order valence-corrected chi connectivity index (χ1v) is 10.6. The van der Waals surface area contributed by atoms with E-state index >= 15 is 0 Å². The minimum absolute atomic E-state index is 0.0815. The number of carbonyl (C=O) groups is 2. The first-order chi connectivity index (χ1) is 12.9. The molecule has 1 fully saturated rings. The van der Waals surface area contributed by atoms with E-state index in [4.69, 9.17) is 18.9 Å². The molecule has 8 heteroatoms. The molecule has 0 amide bonds. The second kappa shape index (κ2) is 13.2. The third-order valence-electron chi connectivity index (χ3n) is 3.78. The van der Waals surface area contributed by atoms with Gasteiger partial charge in [-0.3, -0.25) is 9.59 Å². The van der Waals surface area contributed by atoms with E-state index in [1.165, 1.54) is 25.1 Å². The van der Waals surface area contributed by atoms with Crippen LogP contribution in [0.5, 0.6) is 0 Å². The van der Waals surface area contributed by atoms with Gasteiger partial charge in [-0.25, -0.2) is 0 Å². The largest absolute Gasteiger partial charge is 0.464 e. The molecule has 27 heavy (non-hydrogen) atoms. The van der Waals surface area contributed by atoms with Gasteiger partial charge in [-0.1, -0.05) is 56.7 Å². The van der Waals surface area contributed by atoms with Crippen molar-refractivity contribution in [1.82, 2.24) is 0 Å². The summed E-state index contributed by atoms with van der Waals surface area (Å²) in [4.78, 5) is 24.4. The number of carbonyl (C=O) groups excluding carboxylic acids is 2. The zero-order valence-corrected chi connectivity index (χ0v) is 18.9. The Hall–Kier alpha value is -1.08. The molecular weight excluding hydrogens is 484 g/mol. The molecule has 0 saturated carbocycles. The van der Waals surface area contributed by atoms with Gasteiger partial charge in [0.15, 0.2) is 0 Å². The predicted molar refractivity (Wildman–Crippen MR) is 108 cm³/mol. The number of allylic oxidation sites excluding steroid dienone is 2. The van der Waals surface area contributed by atoms with E-state index in [0.717, 1.165) is 6.42 Å². The van der Waals surface area contributed by atoms with Crippen molar-refractivity contribution in [3.05, 3.63) is 29.1 Å². The summed E-state index contributed by atoms with van der Waals surface area (Å²) in [5, 5.41) is 0. The minimum Gasteiger partial charge on any atom is -0.464 e. The van der Waals surface area contributed by atoms with Crippen LogP contribution < -0.4 is 0 Å². The second-order valence-corrected chi connectivity index (χ2v) is 7.67. The molecule has 5 unspecified atom stereocenters. The first kappa shape index (κ1) is 24.0. The van der Waals surface area contributed by atoms with Crippen LogP contribution in [0.15, 0.2) is 29.1 Å². The van der Waals surface area contributed by atoms with E-state index in [0.29, 0.717) is 19.3 Å². The lowest BCUT2D eigenvalue weighted by Crippen LogP contribution is -2.35. The van der Waals surface area contributed by atoms with Crippen LogP contribution in [0.2, 0.25) is 0 Å². The monoisotopic (exact) mass is 508 g/mol. The molecule has 0 bridgehead atoms. The Bertz CT molecular complexity index is 571. The van der Waals surface area contributed by atoms with Crippen LogP contribution in [0.3, 0.4) is 0 Å². The molecule has 0 aromatic rings. The van der Waals surface area contributed by atoms with Gasteiger partial charge in [-0.05, 0) is 12.8 Å². The van der Waals surface area contributed by atoms with Crippen molar-refractivity contribution in [2.45, 2.75) is 75.9 Å². The summed E-state index contributed by atoms with van der Waals surface area (Å²) in [6, 6.07) is 0. The fourth-order valence-corrected chi connectivity index (χ4v) is 3.36. The SMILES string of the molecule is CCC=CCC(Br)C(CC1OC(OC=C=CBr)CC1OC(C)=O)OC(C)=O. The summed E-state index contributed by atoms with van der Waals surface area (Å²) < 4.78 is 22.2. The molecule has 0 aromatic carbocycles. The molecule has 1 aliphatic rings. The van der Waals surface area contributed by atoms with Crippen LogP contribution in [0.25, 0.3) is 0 Å². The predicted octanol–water partition coefficient (Wildman–Crippen LogP) is 4.51. The molecule has 0 aromatic heterocycles. The van der Waals surface area contributed by atoms with Crippen LogP contribution in [0.4, 0.5) is 0 Å². The fraction of sp³-hybridized carbons (Fsp3) is 0.632. The smallest absolute Gasteiger partial charge is 0.302 e. The van der Waals surface area contributed by atoms with Crippen molar-refractivity contribution in [3.8, 4) is 0 Å². The van der Waals surface area contributed by atoms with Gasteiger partial charge in [-0.15, -0.1) is 0 Å². The number of rotatable bonds is 10. The highest BCUT2D eigenvalue weighted by atomic mass is 79.9. The number of ether oxygens (including phenoxy) is 4. The lowest BCUT2D eigenvalue weighted by atomic mass is 10.0. The van der Waals surface area contributed by atoms with Crippen LogP contribution in [-0.2, 0) is 28.5 Å². The van der Waals surface area contributed by atoms with Crippen molar-refractivity contribution < 1.29 is 28.5 Å². The lowest BCUT2D eigenvalue weighted by Gasteiger charge is -2.26. The van der Waals surface area contributed by atoms with E-state index in [1.54, 1.807) is 0 Å². The highest BCUT2D eigenvalue weighted by molar-refractivity contribution is 9.11. The number of hydrogen-bond acceptors (Lipinski definition) is 6. The number of hydrogen-bond donors (Lipinski definition) is 0. The topological polar surface area (TPSA) is 71.1 Å². The Balaban J connectivity index is 2.83. The number of halogens is 2. The second-order valence-electron chi connectivity index (χ2n) is 6.03. The lowest BCUT2D eigenvalue weighted by molar-refractivity contribution is -0.157. The Morgan fingerprint density at radius 1 is 1.30 bits per heavy atom. The molecule has 5 atom stereocenters. The Labute approximate surface area is 177 Å². The van der Waals surface area contributed by atoms with E-state index in [1.807, 2.05) is 6.08 Å². The fourth-order valence-electron chi connectivity index (χ4n) is 2.71. The van der Waals surface area contributed by atoms with Gasteiger partial charge in [0.25, 0.3) is 0 Å². The van der Waals surface area contributed by atoms with Crippen LogP contribution in [0.1, 0.15) is 46.5 Å². The standard InChI is InChI=1S/C19H26Br2O6/c1-4-5-6-8-15(21)16(25-13(2)22)11-17-18(26-14(3)23)12-19(27-17)24-10-7-9-20/h5-6,9-10,15-19H,4,8,11-12H2,1-3H3. The zero-order chi connectivity index (χ0) is 20.2. The van der Waals surface area contributed by atoms with Gasteiger partial charge in [-0.2, -0.15) is 0 Å². The Kier molecular flexibility index (Phi) is 11.7. The van der Waals surface area contributed by atoms with Crippen molar-refractivity contribution >= 4 is 43.8 Å². The van der Waals surface area contributed by atoms with Gasteiger partial charge in [0.1, 0.15) is 24.6 Å². The van der Waals surface area contributed by atoms with Gasteiger partial charge in [0.05, 0.1) is 4.83 Å². The van der Waals surface area contributed by atoms with Crippen molar-refractivity contribution in [1.29, 1.82) is 0 Å². The molecule has 0 spiro atoms. The molecule has 1 aliphatic heterocycles. The highest BCUT2D eigenvalue weighted by Gasteiger charge is 2.41. The quantitative estimate of drug-likeness (QED) is 0.142. The van der Waals surface area contributed by atoms with Crippen molar-refractivity contribution in [2.75, 3.05) is 0 Å². The van der Waals surface area contributed by atoms with Crippen molar-refractivity contribution in [3.63, 3.8) is 0 Å². The molecule has 0 aliphatic carbocycles. The van der Waals surface area contributed by atoms with E-state index in [-0.39, 0.29) is 10.8 Å². The third-order valence-corrected chi connectivity index (χ3v) is 5.01. The van der Waals surface area contributed by atoms with E-state index in [2.05, 4.69) is 50.6 Å². The van der Waals surface area contributed by atoms with Crippen molar-refractivity contribution in [2.24, 2.45) is 0 Å². The van der Waals surface area contributed by atoms with Gasteiger partial charge < -0.3 is 18.9 Å². The maximum Gasteiger partial charge on any atom is 0.302 e. The molecule has 0 N–H and O–H groups in total. The summed E-state index contributed by atoms with van der Waals surface area (Å²) in [6.45, 7) is 4.78. The molecular formula is C19H26Br2O6. The molecule has 1 heterocycles. The molecule has 6 nitrogen and oxygen atoms in total. The number of alkyl halides is 1.